The Balaban J connectivity index is 2.37. The average molecular weight is 263 g/mol. The highest BCUT2D eigenvalue weighted by Crippen LogP contribution is 2.20. The van der Waals surface area contributed by atoms with Crippen LogP contribution in [-0.2, 0) is 14.6 Å². The van der Waals surface area contributed by atoms with Crippen LogP contribution in [0.2, 0.25) is 0 Å². The van der Waals surface area contributed by atoms with E-state index in [4.69, 9.17) is 10.5 Å². The lowest BCUT2D eigenvalue weighted by Gasteiger charge is -2.29. The van der Waals surface area contributed by atoms with Gasteiger partial charge in [0, 0.05) is 6.04 Å². The van der Waals surface area contributed by atoms with Gasteiger partial charge in [-0.3, -0.25) is 0 Å². The molecular formula is C12H25NO3S. The van der Waals surface area contributed by atoms with Gasteiger partial charge in [-0.1, -0.05) is 12.8 Å². The zero-order valence-electron chi connectivity index (χ0n) is 11.1. The fourth-order valence-electron chi connectivity index (χ4n) is 1.95. The number of ether oxygens (including phenoxy) is 1. The summed E-state index contributed by atoms with van der Waals surface area (Å²) in [6.45, 7) is 5.41. The molecular weight excluding hydrogens is 238 g/mol. The van der Waals surface area contributed by atoms with Crippen molar-refractivity contribution in [1.82, 2.24) is 0 Å². The summed E-state index contributed by atoms with van der Waals surface area (Å²) >= 11 is 0. The molecule has 2 atom stereocenters. The SMILES string of the molecule is CC(C)(C)S(=O)(=O)CCOC1CCCCC1N. The average Bonchev–Trinajstić information content (AvgIpc) is 2.19. The Morgan fingerprint density at radius 1 is 1.24 bits per heavy atom. The molecule has 2 unspecified atom stereocenters. The van der Waals surface area contributed by atoms with Gasteiger partial charge in [0.25, 0.3) is 0 Å². The first-order valence-corrected chi connectivity index (χ1v) is 7.99. The van der Waals surface area contributed by atoms with Gasteiger partial charge in [-0.15, -0.1) is 0 Å². The predicted molar refractivity (Wildman–Crippen MR) is 69.7 cm³/mol. The summed E-state index contributed by atoms with van der Waals surface area (Å²) in [6, 6.07) is 0.0705. The van der Waals surface area contributed by atoms with Crippen LogP contribution in [0.3, 0.4) is 0 Å². The predicted octanol–water partition coefficient (Wildman–Crippen LogP) is 1.49. The van der Waals surface area contributed by atoms with Crippen molar-refractivity contribution in [3.05, 3.63) is 0 Å². The summed E-state index contributed by atoms with van der Waals surface area (Å²) in [5, 5.41) is 0. The largest absolute Gasteiger partial charge is 0.376 e. The maximum absolute atomic E-state index is 11.9. The van der Waals surface area contributed by atoms with E-state index in [2.05, 4.69) is 0 Å². The molecule has 0 heterocycles. The second-order valence-corrected chi connectivity index (χ2v) is 8.65. The summed E-state index contributed by atoms with van der Waals surface area (Å²) in [6.07, 6.45) is 4.26. The molecule has 1 aliphatic rings. The van der Waals surface area contributed by atoms with Crippen molar-refractivity contribution < 1.29 is 13.2 Å². The highest BCUT2D eigenvalue weighted by molar-refractivity contribution is 7.92. The minimum atomic E-state index is -3.08. The molecule has 0 aromatic heterocycles. The Hall–Kier alpha value is -0.130. The van der Waals surface area contributed by atoms with Gasteiger partial charge >= 0.3 is 0 Å². The summed E-state index contributed by atoms with van der Waals surface area (Å²) < 4.78 is 28.6. The fourth-order valence-corrected chi connectivity index (χ4v) is 2.88. The van der Waals surface area contributed by atoms with E-state index < -0.39 is 14.6 Å². The zero-order valence-corrected chi connectivity index (χ0v) is 11.9. The Kier molecular flexibility index (Phi) is 4.98. The van der Waals surface area contributed by atoms with E-state index in [0.717, 1.165) is 25.7 Å². The number of hydrogen-bond donors (Lipinski definition) is 1. The molecule has 1 aliphatic carbocycles. The quantitative estimate of drug-likeness (QED) is 0.834. The highest BCUT2D eigenvalue weighted by Gasteiger charge is 2.29. The third-order valence-corrected chi connectivity index (χ3v) is 5.94. The molecule has 0 aromatic carbocycles. The van der Waals surface area contributed by atoms with Crippen LogP contribution in [0.5, 0.6) is 0 Å². The van der Waals surface area contributed by atoms with E-state index in [1.165, 1.54) is 0 Å². The molecule has 0 radical (unpaired) electrons. The number of rotatable bonds is 4. The first kappa shape index (κ1) is 14.9. The van der Waals surface area contributed by atoms with Crippen LogP contribution >= 0.6 is 0 Å². The van der Waals surface area contributed by atoms with Crippen LogP contribution in [0.25, 0.3) is 0 Å². The third kappa shape index (κ3) is 4.23. The standard InChI is InChI=1S/C12H25NO3S/c1-12(2,3)17(14,15)9-8-16-11-7-5-4-6-10(11)13/h10-11H,4-9,13H2,1-3H3. The molecule has 1 saturated carbocycles. The van der Waals surface area contributed by atoms with Crippen LogP contribution in [0.1, 0.15) is 46.5 Å². The Morgan fingerprint density at radius 2 is 1.82 bits per heavy atom. The summed E-state index contributed by atoms with van der Waals surface area (Å²) in [7, 11) is -3.08. The molecule has 0 amide bonds. The van der Waals surface area contributed by atoms with Crippen molar-refractivity contribution in [2.75, 3.05) is 12.4 Å². The van der Waals surface area contributed by atoms with Crippen molar-refractivity contribution in [3.63, 3.8) is 0 Å². The van der Waals surface area contributed by atoms with E-state index in [-0.39, 0.29) is 24.5 Å². The second-order valence-electron chi connectivity index (χ2n) is 5.79. The molecule has 0 spiro atoms. The molecule has 102 valence electrons. The van der Waals surface area contributed by atoms with E-state index in [9.17, 15) is 8.42 Å². The molecule has 0 saturated heterocycles. The van der Waals surface area contributed by atoms with Crippen molar-refractivity contribution in [2.45, 2.75) is 63.3 Å². The lowest BCUT2D eigenvalue weighted by Crippen LogP contribution is -2.41. The van der Waals surface area contributed by atoms with Crippen molar-refractivity contribution in [3.8, 4) is 0 Å². The number of nitrogens with two attached hydrogens (primary N) is 1. The van der Waals surface area contributed by atoms with Crippen LogP contribution < -0.4 is 5.73 Å². The maximum atomic E-state index is 11.9. The lowest BCUT2D eigenvalue weighted by molar-refractivity contribution is 0.0238. The van der Waals surface area contributed by atoms with Crippen LogP contribution in [0.15, 0.2) is 0 Å². The molecule has 1 rings (SSSR count). The summed E-state index contributed by atoms with van der Waals surface area (Å²) in [5.41, 5.74) is 5.94. The first-order chi connectivity index (χ1) is 7.74. The maximum Gasteiger partial charge on any atom is 0.157 e. The van der Waals surface area contributed by atoms with Crippen molar-refractivity contribution >= 4 is 9.84 Å². The zero-order chi connectivity index (χ0) is 13.1. The molecule has 1 fully saturated rings. The van der Waals surface area contributed by atoms with Gasteiger partial charge in [-0.2, -0.15) is 0 Å². The number of hydrogen-bond acceptors (Lipinski definition) is 4. The molecule has 17 heavy (non-hydrogen) atoms. The molecule has 2 N–H and O–H groups in total. The minimum Gasteiger partial charge on any atom is -0.376 e. The van der Waals surface area contributed by atoms with Crippen LogP contribution in [0, 0.1) is 0 Å². The Labute approximate surface area is 105 Å². The van der Waals surface area contributed by atoms with Gasteiger partial charge < -0.3 is 10.5 Å². The first-order valence-electron chi connectivity index (χ1n) is 6.33. The van der Waals surface area contributed by atoms with Gasteiger partial charge in [-0.25, -0.2) is 8.42 Å². The molecule has 0 aliphatic heterocycles. The monoisotopic (exact) mass is 263 g/mol. The van der Waals surface area contributed by atoms with Gasteiger partial charge in [0.2, 0.25) is 0 Å². The highest BCUT2D eigenvalue weighted by atomic mass is 32.2. The van der Waals surface area contributed by atoms with Gasteiger partial charge in [-0.05, 0) is 33.6 Å². The van der Waals surface area contributed by atoms with Crippen molar-refractivity contribution in [1.29, 1.82) is 0 Å². The topological polar surface area (TPSA) is 69.4 Å². The molecule has 0 bridgehead atoms. The fraction of sp³-hybridized carbons (Fsp3) is 1.00. The van der Waals surface area contributed by atoms with Gasteiger partial charge in [0.1, 0.15) is 0 Å². The van der Waals surface area contributed by atoms with Crippen LogP contribution in [0.4, 0.5) is 0 Å². The van der Waals surface area contributed by atoms with E-state index in [1.54, 1.807) is 20.8 Å². The normalized spacial score (nSPS) is 27.1. The molecule has 4 nitrogen and oxygen atoms in total. The Morgan fingerprint density at radius 3 is 2.35 bits per heavy atom. The summed E-state index contributed by atoms with van der Waals surface area (Å²) in [5.74, 6) is 0.0831. The smallest absolute Gasteiger partial charge is 0.157 e. The summed E-state index contributed by atoms with van der Waals surface area (Å²) in [4.78, 5) is 0. The van der Waals surface area contributed by atoms with Gasteiger partial charge in [0.05, 0.1) is 23.2 Å². The van der Waals surface area contributed by atoms with Crippen LogP contribution in [-0.4, -0.2) is 37.7 Å². The number of sulfone groups is 1. The second kappa shape index (κ2) is 5.67. The van der Waals surface area contributed by atoms with Gasteiger partial charge in [0.15, 0.2) is 9.84 Å². The van der Waals surface area contributed by atoms with E-state index in [0.29, 0.717) is 0 Å². The minimum absolute atomic E-state index is 0.0407. The lowest BCUT2D eigenvalue weighted by atomic mass is 9.93. The van der Waals surface area contributed by atoms with E-state index >= 15 is 0 Å². The van der Waals surface area contributed by atoms with E-state index in [1.807, 2.05) is 0 Å². The van der Waals surface area contributed by atoms with Crippen molar-refractivity contribution in [2.24, 2.45) is 5.73 Å². The Bertz CT molecular complexity index is 332. The molecule has 0 aromatic rings. The third-order valence-electron chi connectivity index (χ3n) is 3.37. The molecule has 5 heteroatoms.